The molecule has 0 spiro atoms. The molecule has 0 aliphatic carbocycles. The van der Waals surface area contributed by atoms with Gasteiger partial charge in [0.2, 0.25) is 5.91 Å². The van der Waals surface area contributed by atoms with E-state index in [1.165, 1.54) is 11.3 Å². The van der Waals surface area contributed by atoms with Crippen molar-refractivity contribution in [1.29, 1.82) is 0 Å². The van der Waals surface area contributed by atoms with Gasteiger partial charge in [-0.3, -0.25) is 4.79 Å². The number of hydrogen-bond acceptors (Lipinski definition) is 3. The van der Waals surface area contributed by atoms with Gasteiger partial charge in [0.15, 0.2) is 0 Å². The predicted molar refractivity (Wildman–Crippen MR) is 71.3 cm³/mol. The highest BCUT2D eigenvalue weighted by Gasteiger charge is 2.14. The molecule has 0 bridgehead atoms. The zero-order valence-corrected chi connectivity index (χ0v) is 10.9. The van der Waals surface area contributed by atoms with Crippen LogP contribution in [0.2, 0.25) is 0 Å². The van der Waals surface area contributed by atoms with Gasteiger partial charge in [-0.1, -0.05) is 6.07 Å². The molecule has 4 heteroatoms. The molecular formula is C13H20N2OS. The molecule has 1 amide bonds. The third-order valence-corrected chi connectivity index (χ3v) is 4.01. The molecule has 0 aromatic carbocycles. The standard InChI is InChI=1S/C13H20N2OS/c16-13(15-11-4-2-8-14-10-11)7-1-5-12-6-3-9-17-12/h3,6,9,11,14H,1-2,4-5,7-8,10H2,(H,15,16). The fraction of sp³-hybridized carbons (Fsp3) is 0.615. The lowest BCUT2D eigenvalue weighted by atomic mass is 10.1. The first kappa shape index (κ1) is 12.6. The molecule has 0 radical (unpaired) electrons. The highest BCUT2D eigenvalue weighted by Crippen LogP contribution is 2.12. The number of aryl methyl sites for hydroxylation is 1. The quantitative estimate of drug-likeness (QED) is 0.841. The Kier molecular flexibility index (Phi) is 5.01. The molecule has 1 atom stereocenters. The molecule has 2 N–H and O–H groups in total. The SMILES string of the molecule is O=C(CCCc1cccs1)NC1CCCNC1. The molecule has 1 fully saturated rings. The number of thiophene rings is 1. The van der Waals surface area contributed by atoms with Gasteiger partial charge in [0.1, 0.15) is 0 Å². The van der Waals surface area contributed by atoms with Crippen molar-refractivity contribution in [2.45, 2.75) is 38.1 Å². The number of hydrogen-bond donors (Lipinski definition) is 2. The summed E-state index contributed by atoms with van der Waals surface area (Å²) >= 11 is 1.77. The van der Waals surface area contributed by atoms with E-state index in [4.69, 9.17) is 0 Å². The van der Waals surface area contributed by atoms with Crippen molar-refractivity contribution in [3.63, 3.8) is 0 Å². The second-order valence-electron chi connectivity index (χ2n) is 4.54. The van der Waals surface area contributed by atoms with Crippen LogP contribution < -0.4 is 10.6 Å². The maximum atomic E-state index is 11.7. The van der Waals surface area contributed by atoms with Gasteiger partial charge in [-0.05, 0) is 43.7 Å². The number of amides is 1. The van der Waals surface area contributed by atoms with Crippen LogP contribution in [-0.4, -0.2) is 25.0 Å². The molecule has 0 saturated carbocycles. The minimum absolute atomic E-state index is 0.204. The van der Waals surface area contributed by atoms with Gasteiger partial charge < -0.3 is 10.6 Å². The predicted octanol–water partition coefficient (Wildman–Crippen LogP) is 1.94. The molecule has 2 rings (SSSR count). The molecule has 1 unspecified atom stereocenters. The molecule has 1 aromatic rings. The third-order valence-electron chi connectivity index (χ3n) is 3.07. The highest BCUT2D eigenvalue weighted by molar-refractivity contribution is 7.09. The summed E-state index contributed by atoms with van der Waals surface area (Å²) in [5, 5.41) is 8.49. The zero-order chi connectivity index (χ0) is 11.9. The molecule has 1 aliphatic heterocycles. The molecule has 3 nitrogen and oxygen atoms in total. The maximum absolute atomic E-state index is 11.7. The van der Waals surface area contributed by atoms with E-state index in [1.807, 2.05) is 0 Å². The van der Waals surface area contributed by atoms with Crippen LogP contribution in [0.4, 0.5) is 0 Å². The van der Waals surface area contributed by atoms with E-state index in [0.717, 1.165) is 32.4 Å². The van der Waals surface area contributed by atoms with Crippen molar-refractivity contribution in [2.24, 2.45) is 0 Å². The van der Waals surface area contributed by atoms with Gasteiger partial charge in [-0.2, -0.15) is 0 Å². The van der Waals surface area contributed by atoms with Crippen LogP contribution in [0, 0.1) is 0 Å². The summed E-state index contributed by atoms with van der Waals surface area (Å²) in [5.74, 6) is 0.204. The topological polar surface area (TPSA) is 41.1 Å². The monoisotopic (exact) mass is 252 g/mol. The molecular weight excluding hydrogens is 232 g/mol. The first-order valence-corrected chi connectivity index (χ1v) is 7.25. The molecule has 2 heterocycles. The zero-order valence-electron chi connectivity index (χ0n) is 10.1. The normalized spacial score (nSPS) is 20.1. The van der Waals surface area contributed by atoms with Crippen molar-refractivity contribution in [3.05, 3.63) is 22.4 Å². The minimum atomic E-state index is 0.204. The van der Waals surface area contributed by atoms with Crippen LogP contribution in [0.15, 0.2) is 17.5 Å². The Balaban J connectivity index is 1.60. The fourth-order valence-corrected chi connectivity index (χ4v) is 2.90. The van der Waals surface area contributed by atoms with Crippen LogP contribution in [0.3, 0.4) is 0 Å². The molecule has 1 saturated heterocycles. The van der Waals surface area contributed by atoms with Gasteiger partial charge in [-0.15, -0.1) is 11.3 Å². The van der Waals surface area contributed by atoms with Gasteiger partial charge in [0.05, 0.1) is 0 Å². The van der Waals surface area contributed by atoms with E-state index >= 15 is 0 Å². The van der Waals surface area contributed by atoms with Crippen molar-refractivity contribution < 1.29 is 4.79 Å². The fourth-order valence-electron chi connectivity index (χ4n) is 2.15. The van der Waals surface area contributed by atoms with Crippen molar-refractivity contribution in [1.82, 2.24) is 10.6 Å². The van der Waals surface area contributed by atoms with E-state index < -0.39 is 0 Å². The van der Waals surface area contributed by atoms with Crippen LogP contribution in [-0.2, 0) is 11.2 Å². The number of rotatable bonds is 5. The van der Waals surface area contributed by atoms with Gasteiger partial charge in [-0.25, -0.2) is 0 Å². The average Bonchev–Trinajstić information content (AvgIpc) is 2.83. The first-order chi connectivity index (χ1) is 8.34. The van der Waals surface area contributed by atoms with Gasteiger partial charge >= 0.3 is 0 Å². The number of nitrogens with one attached hydrogen (secondary N) is 2. The summed E-state index contributed by atoms with van der Waals surface area (Å²) in [6.45, 7) is 2.02. The lowest BCUT2D eigenvalue weighted by Gasteiger charge is -2.23. The van der Waals surface area contributed by atoms with E-state index in [1.54, 1.807) is 11.3 Å². The summed E-state index contributed by atoms with van der Waals surface area (Å²) in [6.07, 6.45) is 4.90. The second-order valence-corrected chi connectivity index (χ2v) is 5.58. The molecule has 1 aliphatic rings. The summed E-state index contributed by atoms with van der Waals surface area (Å²) in [4.78, 5) is 13.1. The van der Waals surface area contributed by atoms with Crippen molar-refractivity contribution in [3.8, 4) is 0 Å². The second kappa shape index (κ2) is 6.77. The number of carbonyl (C=O) groups is 1. The lowest BCUT2D eigenvalue weighted by molar-refractivity contribution is -0.122. The van der Waals surface area contributed by atoms with Crippen LogP contribution in [0.25, 0.3) is 0 Å². The maximum Gasteiger partial charge on any atom is 0.220 e. The van der Waals surface area contributed by atoms with E-state index in [2.05, 4.69) is 28.1 Å². The van der Waals surface area contributed by atoms with Crippen molar-refractivity contribution >= 4 is 17.2 Å². The largest absolute Gasteiger partial charge is 0.352 e. The first-order valence-electron chi connectivity index (χ1n) is 6.37. The number of piperidine rings is 1. The Morgan fingerprint density at radius 2 is 2.53 bits per heavy atom. The minimum Gasteiger partial charge on any atom is -0.352 e. The smallest absolute Gasteiger partial charge is 0.220 e. The Morgan fingerprint density at radius 3 is 3.24 bits per heavy atom. The lowest BCUT2D eigenvalue weighted by Crippen LogP contribution is -2.45. The van der Waals surface area contributed by atoms with Crippen LogP contribution in [0.1, 0.15) is 30.6 Å². The third kappa shape index (κ3) is 4.48. The van der Waals surface area contributed by atoms with Crippen LogP contribution in [0.5, 0.6) is 0 Å². The summed E-state index contributed by atoms with van der Waals surface area (Å²) in [7, 11) is 0. The Bertz CT molecular complexity index is 331. The van der Waals surface area contributed by atoms with Crippen LogP contribution >= 0.6 is 11.3 Å². The average molecular weight is 252 g/mol. The summed E-state index contributed by atoms with van der Waals surface area (Å²) in [5.41, 5.74) is 0. The van der Waals surface area contributed by atoms with Crippen molar-refractivity contribution in [2.75, 3.05) is 13.1 Å². The molecule has 1 aromatic heterocycles. The van der Waals surface area contributed by atoms with E-state index in [-0.39, 0.29) is 5.91 Å². The Morgan fingerprint density at radius 1 is 1.59 bits per heavy atom. The number of carbonyl (C=O) groups excluding carboxylic acids is 1. The Hall–Kier alpha value is -0.870. The Labute approximate surface area is 107 Å². The van der Waals surface area contributed by atoms with E-state index in [0.29, 0.717) is 12.5 Å². The molecule has 17 heavy (non-hydrogen) atoms. The van der Waals surface area contributed by atoms with Gasteiger partial charge in [0, 0.05) is 23.9 Å². The van der Waals surface area contributed by atoms with Gasteiger partial charge in [0.25, 0.3) is 0 Å². The highest BCUT2D eigenvalue weighted by atomic mass is 32.1. The summed E-state index contributed by atoms with van der Waals surface area (Å²) in [6, 6.07) is 4.54. The molecule has 94 valence electrons. The summed E-state index contributed by atoms with van der Waals surface area (Å²) < 4.78 is 0. The van der Waals surface area contributed by atoms with E-state index in [9.17, 15) is 4.79 Å².